The molecule has 0 aliphatic rings. The van der Waals surface area contributed by atoms with Crippen molar-refractivity contribution in [3.05, 3.63) is 35.4 Å². The summed E-state index contributed by atoms with van der Waals surface area (Å²) in [5.74, 6) is 0. The number of hydrogen-bond acceptors (Lipinski definition) is 2. The maximum atomic E-state index is 8.67. The van der Waals surface area contributed by atoms with E-state index in [9.17, 15) is 0 Å². The number of nitriles is 1. The van der Waals surface area contributed by atoms with Gasteiger partial charge in [0.15, 0.2) is 0 Å². The summed E-state index contributed by atoms with van der Waals surface area (Å²) in [5, 5.41) is 8.67. The zero-order valence-electron chi connectivity index (χ0n) is 8.91. The van der Waals surface area contributed by atoms with E-state index < -0.39 is 0 Å². The van der Waals surface area contributed by atoms with Crippen LogP contribution in [0, 0.1) is 11.3 Å². The molecule has 0 amide bonds. The molecule has 1 aromatic carbocycles. The van der Waals surface area contributed by atoms with E-state index in [4.69, 9.17) is 11.0 Å². The predicted molar refractivity (Wildman–Crippen MR) is 57.8 cm³/mol. The van der Waals surface area contributed by atoms with E-state index >= 15 is 0 Å². The molecule has 2 heteroatoms. The summed E-state index contributed by atoms with van der Waals surface area (Å²) in [7, 11) is 0. The molecular weight excluding hydrogens is 172 g/mol. The van der Waals surface area contributed by atoms with Gasteiger partial charge in [0.05, 0.1) is 11.6 Å². The highest BCUT2D eigenvalue weighted by Crippen LogP contribution is 2.25. The van der Waals surface area contributed by atoms with Crippen molar-refractivity contribution in [2.45, 2.75) is 32.2 Å². The molecule has 1 unspecified atom stereocenters. The van der Waals surface area contributed by atoms with Gasteiger partial charge in [-0.1, -0.05) is 26.0 Å². The van der Waals surface area contributed by atoms with Gasteiger partial charge in [0.1, 0.15) is 0 Å². The van der Waals surface area contributed by atoms with Gasteiger partial charge in [0.2, 0.25) is 0 Å². The van der Waals surface area contributed by atoms with Gasteiger partial charge in [-0.3, -0.25) is 0 Å². The van der Waals surface area contributed by atoms with Crippen LogP contribution in [0.15, 0.2) is 24.3 Å². The molecule has 0 aromatic heterocycles. The van der Waals surface area contributed by atoms with E-state index in [1.807, 2.05) is 31.2 Å². The standard InChI is InChI=1S/C12H16N2/c1-9(14)12(2,3)11-6-4-10(8-13)5-7-11/h4-7,9H,14H2,1-3H3. The largest absolute Gasteiger partial charge is 0.327 e. The Kier molecular flexibility index (Phi) is 2.93. The van der Waals surface area contributed by atoms with E-state index in [2.05, 4.69) is 19.9 Å². The van der Waals surface area contributed by atoms with Crippen LogP contribution in [0.1, 0.15) is 31.9 Å². The Morgan fingerprint density at radius 1 is 1.29 bits per heavy atom. The van der Waals surface area contributed by atoms with E-state index in [1.54, 1.807) is 0 Å². The minimum atomic E-state index is -0.0476. The first-order valence-corrected chi connectivity index (χ1v) is 4.74. The molecular formula is C12H16N2. The second-order valence-electron chi connectivity index (χ2n) is 4.20. The fourth-order valence-corrected chi connectivity index (χ4v) is 1.24. The summed E-state index contributed by atoms with van der Waals surface area (Å²) in [6.45, 7) is 6.22. The summed E-state index contributed by atoms with van der Waals surface area (Å²) in [6.07, 6.45) is 0. The van der Waals surface area contributed by atoms with Crippen LogP contribution in [-0.4, -0.2) is 6.04 Å². The van der Waals surface area contributed by atoms with Crippen LogP contribution >= 0.6 is 0 Å². The number of benzene rings is 1. The predicted octanol–water partition coefficient (Wildman–Crippen LogP) is 2.18. The second-order valence-corrected chi connectivity index (χ2v) is 4.20. The molecule has 0 heterocycles. The molecule has 2 N–H and O–H groups in total. The summed E-state index contributed by atoms with van der Waals surface area (Å²) >= 11 is 0. The number of nitrogens with two attached hydrogens (primary N) is 1. The Balaban J connectivity index is 3.04. The van der Waals surface area contributed by atoms with E-state index in [0.29, 0.717) is 5.56 Å². The minimum Gasteiger partial charge on any atom is -0.327 e. The third kappa shape index (κ3) is 1.94. The summed E-state index contributed by atoms with van der Waals surface area (Å²) in [5.41, 5.74) is 7.72. The molecule has 2 nitrogen and oxygen atoms in total. The van der Waals surface area contributed by atoms with Crippen molar-refractivity contribution in [2.75, 3.05) is 0 Å². The third-order valence-electron chi connectivity index (χ3n) is 2.90. The molecule has 0 bridgehead atoms. The normalized spacial score (nSPS) is 13.4. The van der Waals surface area contributed by atoms with Gasteiger partial charge in [-0.25, -0.2) is 0 Å². The second kappa shape index (κ2) is 3.81. The van der Waals surface area contributed by atoms with Crippen molar-refractivity contribution < 1.29 is 0 Å². The van der Waals surface area contributed by atoms with Crippen LogP contribution in [0.2, 0.25) is 0 Å². The van der Waals surface area contributed by atoms with Gasteiger partial charge in [0, 0.05) is 11.5 Å². The quantitative estimate of drug-likeness (QED) is 0.773. The first-order chi connectivity index (χ1) is 6.48. The van der Waals surface area contributed by atoms with Gasteiger partial charge in [-0.2, -0.15) is 5.26 Å². The summed E-state index contributed by atoms with van der Waals surface area (Å²) < 4.78 is 0. The van der Waals surface area contributed by atoms with E-state index in [0.717, 1.165) is 0 Å². The zero-order valence-corrected chi connectivity index (χ0v) is 8.91. The number of hydrogen-bond donors (Lipinski definition) is 1. The minimum absolute atomic E-state index is 0.0476. The van der Waals surface area contributed by atoms with E-state index in [1.165, 1.54) is 5.56 Å². The van der Waals surface area contributed by atoms with Crippen molar-refractivity contribution in [3.63, 3.8) is 0 Å². The maximum absolute atomic E-state index is 8.67. The van der Waals surface area contributed by atoms with Crippen molar-refractivity contribution in [2.24, 2.45) is 5.73 Å². The Morgan fingerprint density at radius 3 is 2.14 bits per heavy atom. The molecule has 1 rings (SSSR count). The number of nitrogens with zero attached hydrogens (tertiary/aromatic N) is 1. The lowest BCUT2D eigenvalue weighted by Crippen LogP contribution is -2.38. The summed E-state index contributed by atoms with van der Waals surface area (Å²) in [4.78, 5) is 0. The van der Waals surface area contributed by atoms with E-state index in [-0.39, 0.29) is 11.5 Å². The van der Waals surface area contributed by atoms with Crippen LogP contribution in [0.25, 0.3) is 0 Å². The first-order valence-electron chi connectivity index (χ1n) is 4.74. The monoisotopic (exact) mass is 188 g/mol. The van der Waals surface area contributed by atoms with Gasteiger partial charge in [-0.15, -0.1) is 0 Å². The van der Waals surface area contributed by atoms with Crippen molar-refractivity contribution in [3.8, 4) is 6.07 Å². The molecule has 0 aliphatic carbocycles. The van der Waals surface area contributed by atoms with Crippen LogP contribution in [0.4, 0.5) is 0 Å². The highest BCUT2D eigenvalue weighted by molar-refractivity contribution is 5.35. The Morgan fingerprint density at radius 2 is 1.79 bits per heavy atom. The van der Waals surface area contributed by atoms with Gasteiger partial charge in [-0.05, 0) is 24.6 Å². The molecule has 1 atom stereocenters. The molecule has 0 saturated heterocycles. The molecule has 14 heavy (non-hydrogen) atoms. The lowest BCUT2D eigenvalue weighted by atomic mass is 9.79. The highest BCUT2D eigenvalue weighted by Gasteiger charge is 2.24. The molecule has 74 valence electrons. The molecule has 0 aliphatic heterocycles. The topological polar surface area (TPSA) is 49.8 Å². The molecule has 0 spiro atoms. The fourth-order valence-electron chi connectivity index (χ4n) is 1.24. The average Bonchev–Trinajstić information content (AvgIpc) is 2.17. The fraction of sp³-hybridized carbons (Fsp3) is 0.417. The van der Waals surface area contributed by atoms with Gasteiger partial charge < -0.3 is 5.73 Å². The average molecular weight is 188 g/mol. The lowest BCUT2D eigenvalue weighted by molar-refractivity contribution is 0.434. The molecule has 1 aromatic rings. The molecule has 0 saturated carbocycles. The molecule has 0 fully saturated rings. The van der Waals surface area contributed by atoms with Gasteiger partial charge in [0.25, 0.3) is 0 Å². The van der Waals surface area contributed by atoms with Crippen LogP contribution < -0.4 is 5.73 Å². The first kappa shape index (κ1) is 10.7. The van der Waals surface area contributed by atoms with Crippen molar-refractivity contribution >= 4 is 0 Å². The summed E-state index contributed by atoms with van der Waals surface area (Å²) in [6, 6.07) is 9.81. The van der Waals surface area contributed by atoms with Gasteiger partial charge >= 0.3 is 0 Å². The van der Waals surface area contributed by atoms with Crippen LogP contribution in [-0.2, 0) is 5.41 Å². The zero-order chi connectivity index (χ0) is 10.8. The maximum Gasteiger partial charge on any atom is 0.0991 e. The number of rotatable bonds is 2. The Labute approximate surface area is 85.4 Å². The highest BCUT2D eigenvalue weighted by atomic mass is 14.7. The third-order valence-corrected chi connectivity index (χ3v) is 2.90. The van der Waals surface area contributed by atoms with Crippen molar-refractivity contribution in [1.82, 2.24) is 0 Å². The SMILES string of the molecule is CC(N)C(C)(C)c1ccc(C#N)cc1. The van der Waals surface area contributed by atoms with Crippen LogP contribution in [0.5, 0.6) is 0 Å². The smallest absolute Gasteiger partial charge is 0.0991 e. The molecule has 0 radical (unpaired) electrons. The Hall–Kier alpha value is -1.33. The lowest BCUT2D eigenvalue weighted by Gasteiger charge is -2.29. The Bertz CT molecular complexity index is 342. The van der Waals surface area contributed by atoms with Crippen LogP contribution in [0.3, 0.4) is 0 Å². The van der Waals surface area contributed by atoms with Crippen molar-refractivity contribution in [1.29, 1.82) is 5.26 Å².